The van der Waals surface area contributed by atoms with Crippen molar-refractivity contribution in [2.45, 2.75) is 20.1 Å². The maximum atomic E-state index is 6.43. The van der Waals surface area contributed by atoms with Crippen molar-refractivity contribution in [3.63, 3.8) is 0 Å². The fraction of sp³-hybridized carbons (Fsp3) is 0.222. The third-order valence-corrected chi connectivity index (χ3v) is 4.82. The molecule has 0 fully saturated rings. The SMILES string of the molecule is COc1cc(CNn2c(C)n[nH]c2=S)cc(Cl)c1OCc1ccccc1Cl. The van der Waals surface area contributed by atoms with Crippen LogP contribution in [0.25, 0.3) is 0 Å². The molecule has 3 rings (SSSR count). The van der Waals surface area contributed by atoms with E-state index in [0.717, 1.165) is 17.0 Å². The van der Waals surface area contributed by atoms with Crippen LogP contribution in [0.2, 0.25) is 10.0 Å². The number of rotatable bonds is 7. The molecule has 0 spiro atoms. The van der Waals surface area contributed by atoms with Crippen molar-refractivity contribution in [3.8, 4) is 11.5 Å². The lowest BCUT2D eigenvalue weighted by molar-refractivity contribution is 0.284. The van der Waals surface area contributed by atoms with E-state index < -0.39 is 0 Å². The summed E-state index contributed by atoms with van der Waals surface area (Å²) in [5, 5.41) is 7.87. The van der Waals surface area contributed by atoms with E-state index in [9.17, 15) is 0 Å². The van der Waals surface area contributed by atoms with Crippen LogP contribution in [0.4, 0.5) is 0 Å². The highest BCUT2D eigenvalue weighted by molar-refractivity contribution is 7.71. The monoisotopic (exact) mass is 424 g/mol. The summed E-state index contributed by atoms with van der Waals surface area (Å²) in [4.78, 5) is 0. The van der Waals surface area contributed by atoms with E-state index in [1.165, 1.54) is 0 Å². The molecule has 2 N–H and O–H groups in total. The Morgan fingerprint density at radius 2 is 2.00 bits per heavy atom. The van der Waals surface area contributed by atoms with Crippen molar-refractivity contribution < 1.29 is 9.47 Å². The van der Waals surface area contributed by atoms with E-state index in [1.807, 2.05) is 43.3 Å². The number of halogens is 2. The van der Waals surface area contributed by atoms with Crippen molar-refractivity contribution in [3.05, 3.63) is 68.2 Å². The van der Waals surface area contributed by atoms with Gasteiger partial charge in [-0.15, -0.1) is 0 Å². The normalized spacial score (nSPS) is 10.7. The van der Waals surface area contributed by atoms with E-state index in [2.05, 4.69) is 15.6 Å². The van der Waals surface area contributed by atoms with Gasteiger partial charge in [-0.25, -0.2) is 4.68 Å². The fourth-order valence-corrected chi connectivity index (χ4v) is 3.23. The minimum absolute atomic E-state index is 0.288. The Balaban J connectivity index is 1.76. The molecule has 0 aliphatic heterocycles. The minimum atomic E-state index is 0.288. The molecule has 9 heteroatoms. The number of methoxy groups -OCH3 is 1. The van der Waals surface area contributed by atoms with E-state index >= 15 is 0 Å². The largest absolute Gasteiger partial charge is 0.493 e. The van der Waals surface area contributed by atoms with E-state index in [0.29, 0.717) is 32.9 Å². The third kappa shape index (κ3) is 4.55. The zero-order valence-corrected chi connectivity index (χ0v) is 17.1. The average molecular weight is 425 g/mol. The zero-order chi connectivity index (χ0) is 19.4. The average Bonchev–Trinajstić information content (AvgIpc) is 2.97. The predicted octanol–water partition coefficient (Wildman–Crippen LogP) is 4.89. The number of nitrogens with zero attached hydrogens (tertiary/aromatic N) is 2. The number of hydrogen-bond donors (Lipinski definition) is 2. The minimum Gasteiger partial charge on any atom is -0.493 e. The molecule has 0 saturated carbocycles. The summed E-state index contributed by atoms with van der Waals surface area (Å²) in [5.74, 6) is 1.75. The number of aromatic amines is 1. The van der Waals surface area contributed by atoms with E-state index in [1.54, 1.807) is 11.8 Å². The van der Waals surface area contributed by atoms with Gasteiger partial charge in [0.15, 0.2) is 11.5 Å². The molecule has 0 radical (unpaired) electrons. The van der Waals surface area contributed by atoms with Crippen LogP contribution < -0.4 is 14.9 Å². The topological polar surface area (TPSA) is 64.1 Å². The van der Waals surface area contributed by atoms with E-state index in [-0.39, 0.29) is 6.61 Å². The molecule has 0 amide bonds. The maximum absolute atomic E-state index is 6.43. The molecule has 0 bridgehead atoms. The zero-order valence-electron chi connectivity index (χ0n) is 14.8. The molecule has 0 saturated heterocycles. The smallest absolute Gasteiger partial charge is 0.214 e. The van der Waals surface area contributed by atoms with Crippen LogP contribution in [0, 0.1) is 11.7 Å². The van der Waals surface area contributed by atoms with Gasteiger partial charge in [0.05, 0.1) is 18.7 Å². The van der Waals surface area contributed by atoms with Gasteiger partial charge < -0.3 is 14.9 Å². The molecule has 2 aromatic carbocycles. The van der Waals surface area contributed by atoms with Crippen LogP contribution >= 0.6 is 35.4 Å². The Bertz CT molecular complexity index is 1000. The summed E-state index contributed by atoms with van der Waals surface area (Å²) in [5.41, 5.74) is 4.96. The number of hydrogen-bond acceptors (Lipinski definition) is 5. The lowest BCUT2D eigenvalue weighted by atomic mass is 10.2. The lowest BCUT2D eigenvalue weighted by Crippen LogP contribution is -2.16. The summed E-state index contributed by atoms with van der Waals surface area (Å²) in [6, 6.07) is 11.2. The molecular weight excluding hydrogens is 407 g/mol. The van der Waals surface area contributed by atoms with Gasteiger partial charge in [-0.1, -0.05) is 41.4 Å². The van der Waals surface area contributed by atoms with Crippen LogP contribution in [0.15, 0.2) is 36.4 Å². The highest BCUT2D eigenvalue weighted by Crippen LogP contribution is 2.37. The summed E-state index contributed by atoms with van der Waals surface area (Å²) < 4.78 is 13.5. The molecule has 142 valence electrons. The predicted molar refractivity (Wildman–Crippen MR) is 109 cm³/mol. The first-order valence-electron chi connectivity index (χ1n) is 8.10. The molecule has 3 aromatic rings. The number of aromatic nitrogens is 3. The molecular formula is C18H18Cl2N4O2S. The van der Waals surface area contributed by atoms with Gasteiger partial charge in [-0.2, -0.15) is 5.10 Å². The summed E-state index contributed by atoms with van der Waals surface area (Å²) in [6.07, 6.45) is 0. The first-order chi connectivity index (χ1) is 13.0. The second-order valence-electron chi connectivity index (χ2n) is 5.74. The second kappa shape index (κ2) is 8.65. The van der Waals surface area contributed by atoms with Gasteiger partial charge in [-0.3, -0.25) is 5.10 Å². The summed E-state index contributed by atoms with van der Waals surface area (Å²) in [7, 11) is 1.57. The molecule has 0 unspecified atom stereocenters. The van der Waals surface area contributed by atoms with Crippen molar-refractivity contribution >= 4 is 35.4 Å². The summed E-state index contributed by atoms with van der Waals surface area (Å²) >= 11 is 17.8. The molecule has 0 aliphatic carbocycles. The van der Waals surface area contributed by atoms with Gasteiger partial charge in [0.2, 0.25) is 4.77 Å². The number of ether oxygens (including phenoxy) is 2. The van der Waals surface area contributed by atoms with Crippen LogP contribution in [0.3, 0.4) is 0 Å². The van der Waals surface area contributed by atoms with Gasteiger partial charge in [0, 0.05) is 10.6 Å². The number of benzene rings is 2. The van der Waals surface area contributed by atoms with Crippen LogP contribution in [-0.4, -0.2) is 22.0 Å². The van der Waals surface area contributed by atoms with E-state index in [4.69, 9.17) is 44.9 Å². The van der Waals surface area contributed by atoms with Gasteiger partial charge in [0.1, 0.15) is 12.4 Å². The standard InChI is InChI=1S/C18H18Cl2N4O2S/c1-11-22-23-18(27)24(11)21-9-12-7-15(20)17(16(8-12)25-2)26-10-13-5-3-4-6-14(13)19/h3-8,21H,9-10H2,1-2H3,(H,23,27). The molecule has 0 aliphatic rings. The highest BCUT2D eigenvalue weighted by atomic mass is 35.5. The van der Waals surface area contributed by atoms with Crippen molar-refractivity contribution in [1.29, 1.82) is 0 Å². The van der Waals surface area contributed by atoms with Gasteiger partial charge >= 0.3 is 0 Å². The van der Waals surface area contributed by atoms with Gasteiger partial charge in [0.25, 0.3) is 0 Å². The van der Waals surface area contributed by atoms with Crippen LogP contribution in [0.1, 0.15) is 17.0 Å². The van der Waals surface area contributed by atoms with Crippen LogP contribution in [0.5, 0.6) is 11.5 Å². The lowest BCUT2D eigenvalue weighted by Gasteiger charge is -2.15. The fourth-order valence-electron chi connectivity index (χ4n) is 2.51. The second-order valence-corrected chi connectivity index (χ2v) is 6.94. The Morgan fingerprint density at radius 1 is 1.22 bits per heavy atom. The maximum Gasteiger partial charge on any atom is 0.214 e. The number of aryl methyl sites for hydroxylation is 1. The van der Waals surface area contributed by atoms with Gasteiger partial charge in [-0.05, 0) is 42.9 Å². The molecule has 1 aromatic heterocycles. The third-order valence-electron chi connectivity index (χ3n) is 3.90. The van der Waals surface area contributed by atoms with Crippen LogP contribution in [-0.2, 0) is 13.2 Å². The Kier molecular flexibility index (Phi) is 6.26. The molecule has 0 atom stereocenters. The Hall–Kier alpha value is -2.22. The van der Waals surface area contributed by atoms with Crippen molar-refractivity contribution in [2.24, 2.45) is 0 Å². The van der Waals surface area contributed by atoms with Crippen molar-refractivity contribution in [1.82, 2.24) is 14.9 Å². The quantitative estimate of drug-likeness (QED) is 0.528. The number of nitrogens with one attached hydrogen (secondary N) is 2. The molecule has 6 nitrogen and oxygen atoms in total. The molecule has 27 heavy (non-hydrogen) atoms. The Labute approximate surface area is 172 Å². The molecule has 1 heterocycles. The van der Waals surface area contributed by atoms with Crippen molar-refractivity contribution in [2.75, 3.05) is 12.5 Å². The Morgan fingerprint density at radius 3 is 2.67 bits per heavy atom. The first kappa shape index (κ1) is 19.5. The number of H-pyrrole nitrogens is 1. The highest BCUT2D eigenvalue weighted by Gasteiger charge is 2.13. The summed E-state index contributed by atoms with van der Waals surface area (Å²) in [6.45, 7) is 2.62. The first-order valence-corrected chi connectivity index (χ1v) is 9.26.